The molecule has 0 atom stereocenters. The van der Waals surface area contributed by atoms with Crippen LogP contribution in [0.4, 0.5) is 11.4 Å². The van der Waals surface area contributed by atoms with E-state index in [2.05, 4.69) is 10.0 Å². The highest BCUT2D eigenvalue weighted by atomic mass is 32.2. The maximum atomic E-state index is 13.0. The quantitative estimate of drug-likeness (QED) is 0.301. The summed E-state index contributed by atoms with van der Waals surface area (Å²) in [7, 11) is -2.56. The summed E-state index contributed by atoms with van der Waals surface area (Å²) in [4.78, 5) is 24.6. The number of esters is 1. The number of amides is 1. The van der Waals surface area contributed by atoms with Gasteiger partial charge >= 0.3 is 5.97 Å². The molecular weight excluding hydrogens is 468 g/mol. The minimum absolute atomic E-state index is 0.0689. The fourth-order valence-electron chi connectivity index (χ4n) is 3.13. The first-order valence-corrected chi connectivity index (χ1v) is 12.6. The lowest BCUT2D eigenvalue weighted by molar-refractivity contribution is 0.0499. The average molecular weight is 497 g/mol. The maximum absolute atomic E-state index is 13.0. The summed E-state index contributed by atoms with van der Waals surface area (Å²) in [6.45, 7) is 4.25. The van der Waals surface area contributed by atoms with Crippen LogP contribution >= 0.6 is 0 Å². The number of methoxy groups -OCH3 is 1. The first-order chi connectivity index (χ1) is 16.7. The average Bonchev–Trinajstić information content (AvgIpc) is 2.84. The summed E-state index contributed by atoms with van der Waals surface area (Å²) in [6.07, 6.45) is 1.69. The third-order valence-corrected chi connectivity index (χ3v) is 6.53. The Morgan fingerprint density at radius 3 is 2.20 bits per heavy atom. The van der Waals surface area contributed by atoms with Crippen molar-refractivity contribution in [3.8, 4) is 5.75 Å². The van der Waals surface area contributed by atoms with Gasteiger partial charge in [0.05, 0.1) is 29.9 Å². The van der Waals surface area contributed by atoms with Crippen LogP contribution in [0.3, 0.4) is 0 Å². The van der Waals surface area contributed by atoms with E-state index in [0.29, 0.717) is 23.5 Å². The van der Waals surface area contributed by atoms with Gasteiger partial charge in [0.15, 0.2) is 0 Å². The molecule has 0 saturated heterocycles. The van der Waals surface area contributed by atoms with E-state index < -0.39 is 21.9 Å². The Hall–Kier alpha value is -3.85. The zero-order chi connectivity index (χ0) is 25.4. The molecule has 8 nitrogen and oxygen atoms in total. The van der Waals surface area contributed by atoms with Gasteiger partial charge in [-0.15, -0.1) is 0 Å². The van der Waals surface area contributed by atoms with Gasteiger partial charge in [0, 0.05) is 11.3 Å². The predicted molar refractivity (Wildman–Crippen MR) is 135 cm³/mol. The van der Waals surface area contributed by atoms with Crippen molar-refractivity contribution in [2.24, 2.45) is 0 Å². The molecule has 184 valence electrons. The van der Waals surface area contributed by atoms with E-state index in [1.165, 1.54) is 49.6 Å². The van der Waals surface area contributed by atoms with Crippen LogP contribution in [-0.2, 0) is 14.8 Å². The highest BCUT2D eigenvalue weighted by Gasteiger charge is 2.19. The molecule has 3 rings (SSSR count). The second-order valence-electron chi connectivity index (χ2n) is 7.85. The molecule has 0 aliphatic carbocycles. The standard InChI is InChI=1S/C26H28N2O6S/c1-4-5-16-34-26(30)20-10-12-21(13-11-20)28-35(31,32)22-14-15-24(33-3)23(17-22)27-25(29)19-8-6-18(2)7-9-19/h6-15,17,28H,4-5,16H2,1-3H3,(H,27,29). The lowest BCUT2D eigenvalue weighted by atomic mass is 10.1. The minimum atomic E-state index is -3.99. The fourth-order valence-corrected chi connectivity index (χ4v) is 4.22. The van der Waals surface area contributed by atoms with E-state index in [0.717, 1.165) is 18.4 Å². The highest BCUT2D eigenvalue weighted by Crippen LogP contribution is 2.29. The Balaban J connectivity index is 1.76. The van der Waals surface area contributed by atoms with Crippen molar-refractivity contribution in [3.05, 3.63) is 83.4 Å². The summed E-state index contributed by atoms with van der Waals surface area (Å²) < 4.78 is 38.9. The molecule has 2 N–H and O–H groups in total. The van der Waals surface area contributed by atoms with Gasteiger partial charge in [-0.05, 0) is 67.9 Å². The third-order valence-electron chi connectivity index (χ3n) is 5.15. The lowest BCUT2D eigenvalue weighted by Crippen LogP contribution is -2.16. The maximum Gasteiger partial charge on any atom is 0.338 e. The van der Waals surface area contributed by atoms with Crippen molar-refractivity contribution < 1.29 is 27.5 Å². The molecule has 3 aromatic carbocycles. The molecule has 0 spiro atoms. The van der Waals surface area contributed by atoms with Gasteiger partial charge in [0.1, 0.15) is 5.75 Å². The zero-order valence-corrected chi connectivity index (χ0v) is 20.6. The Morgan fingerprint density at radius 1 is 0.914 bits per heavy atom. The van der Waals surface area contributed by atoms with Crippen LogP contribution in [0.1, 0.15) is 46.0 Å². The normalized spacial score (nSPS) is 10.9. The van der Waals surface area contributed by atoms with Crippen LogP contribution in [0.15, 0.2) is 71.6 Å². The van der Waals surface area contributed by atoms with Crippen molar-refractivity contribution in [1.82, 2.24) is 0 Å². The molecule has 0 aromatic heterocycles. The number of benzene rings is 3. The number of carbonyl (C=O) groups is 2. The molecule has 0 heterocycles. The van der Waals surface area contributed by atoms with Gasteiger partial charge < -0.3 is 14.8 Å². The summed E-state index contributed by atoms with van der Waals surface area (Å²) >= 11 is 0. The molecule has 35 heavy (non-hydrogen) atoms. The molecule has 1 amide bonds. The largest absolute Gasteiger partial charge is 0.495 e. The van der Waals surface area contributed by atoms with E-state index in [4.69, 9.17) is 9.47 Å². The van der Waals surface area contributed by atoms with Crippen LogP contribution < -0.4 is 14.8 Å². The number of ether oxygens (including phenoxy) is 2. The van der Waals surface area contributed by atoms with E-state index >= 15 is 0 Å². The summed E-state index contributed by atoms with van der Waals surface area (Å²) in [5.41, 5.74) is 2.26. The number of unbranched alkanes of at least 4 members (excludes halogenated alkanes) is 1. The third kappa shape index (κ3) is 6.83. The van der Waals surface area contributed by atoms with Crippen molar-refractivity contribution in [2.75, 3.05) is 23.8 Å². The van der Waals surface area contributed by atoms with Crippen LogP contribution in [0.25, 0.3) is 0 Å². The number of anilines is 2. The Morgan fingerprint density at radius 2 is 1.57 bits per heavy atom. The summed E-state index contributed by atoms with van der Waals surface area (Å²) in [6, 6.07) is 17.1. The van der Waals surface area contributed by atoms with Crippen molar-refractivity contribution in [1.29, 1.82) is 0 Å². The molecule has 9 heteroatoms. The molecule has 0 saturated carbocycles. The van der Waals surface area contributed by atoms with Gasteiger partial charge in [-0.25, -0.2) is 13.2 Å². The Kier molecular flexibility index (Phi) is 8.48. The molecule has 0 bridgehead atoms. The number of sulfonamides is 1. The molecule has 0 unspecified atom stereocenters. The van der Waals surface area contributed by atoms with Crippen molar-refractivity contribution in [3.63, 3.8) is 0 Å². The van der Waals surface area contributed by atoms with Crippen molar-refractivity contribution in [2.45, 2.75) is 31.6 Å². The van der Waals surface area contributed by atoms with Gasteiger partial charge in [-0.2, -0.15) is 0 Å². The first kappa shape index (κ1) is 25.8. The van der Waals surface area contributed by atoms with E-state index in [9.17, 15) is 18.0 Å². The van der Waals surface area contributed by atoms with Gasteiger partial charge in [0.2, 0.25) is 0 Å². The molecule has 0 aliphatic rings. The first-order valence-electron chi connectivity index (χ1n) is 11.1. The van der Waals surface area contributed by atoms with E-state index in [1.54, 1.807) is 12.1 Å². The van der Waals surface area contributed by atoms with E-state index in [-0.39, 0.29) is 16.3 Å². The molecule has 3 aromatic rings. The summed E-state index contributed by atoms with van der Waals surface area (Å²) in [5, 5.41) is 2.71. The smallest absolute Gasteiger partial charge is 0.338 e. The fraction of sp³-hybridized carbons (Fsp3) is 0.231. The minimum Gasteiger partial charge on any atom is -0.495 e. The number of rotatable bonds is 10. The number of hydrogen-bond acceptors (Lipinski definition) is 6. The van der Waals surface area contributed by atoms with Crippen LogP contribution in [-0.4, -0.2) is 34.0 Å². The van der Waals surface area contributed by atoms with Gasteiger partial charge in [0.25, 0.3) is 15.9 Å². The lowest BCUT2D eigenvalue weighted by Gasteiger charge is -2.14. The topological polar surface area (TPSA) is 111 Å². The highest BCUT2D eigenvalue weighted by molar-refractivity contribution is 7.92. The monoisotopic (exact) mass is 496 g/mol. The SMILES string of the molecule is CCCCOC(=O)c1ccc(NS(=O)(=O)c2ccc(OC)c(NC(=O)c3ccc(C)cc3)c2)cc1. The van der Waals surface area contributed by atoms with Crippen molar-refractivity contribution >= 4 is 33.3 Å². The molecule has 0 aliphatic heterocycles. The number of carbonyl (C=O) groups excluding carboxylic acids is 2. The van der Waals surface area contributed by atoms with Crippen LogP contribution in [0, 0.1) is 6.92 Å². The van der Waals surface area contributed by atoms with Crippen LogP contribution in [0.5, 0.6) is 5.75 Å². The number of nitrogens with one attached hydrogen (secondary N) is 2. The second-order valence-corrected chi connectivity index (χ2v) is 9.54. The van der Waals surface area contributed by atoms with Crippen LogP contribution in [0.2, 0.25) is 0 Å². The Bertz CT molecular complexity index is 1290. The molecule has 0 fully saturated rings. The Labute approximate surface area is 205 Å². The van der Waals surface area contributed by atoms with Gasteiger partial charge in [-0.3, -0.25) is 9.52 Å². The molecular formula is C26H28N2O6S. The number of aryl methyl sites for hydroxylation is 1. The summed E-state index contributed by atoms with van der Waals surface area (Å²) in [5.74, 6) is -0.542. The number of hydrogen-bond donors (Lipinski definition) is 2. The predicted octanol–water partition coefficient (Wildman–Crippen LogP) is 5.01. The van der Waals surface area contributed by atoms with Gasteiger partial charge in [-0.1, -0.05) is 31.0 Å². The van der Waals surface area contributed by atoms with E-state index in [1.807, 2.05) is 26.0 Å². The molecule has 0 radical (unpaired) electrons. The zero-order valence-electron chi connectivity index (χ0n) is 19.8. The second kappa shape index (κ2) is 11.5.